The monoisotopic (exact) mass is 322 g/mol. The molecule has 2 heterocycles. The van der Waals surface area contributed by atoms with Crippen molar-refractivity contribution in [3.63, 3.8) is 0 Å². The van der Waals surface area contributed by atoms with Gasteiger partial charge in [-0.1, -0.05) is 20.8 Å². The van der Waals surface area contributed by atoms with Gasteiger partial charge in [-0.3, -0.25) is 0 Å². The van der Waals surface area contributed by atoms with E-state index in [0.717, 1.165) is 0 Å². The van der Waals surface area contributed by atoms with Gasteiger partial charge in [-0.05, 0) is 5.41 Å². The molecule has 8 atom stereocenters. The number of hydrogen-bond donors (Lipinski definition) is 5. The predicted molar refractivity (Wildman–Crippen MR) is 73.8 cm³/mol. The van der Waals surface area contributed by atoms with Crippen LogP contribution in [0, 0.1) is 5.41 Å². The van der Waals surface area contributed by atoms with E-state index in [1.807, 2.05) is 20.8 Å². The smallest absolute Gasteiger partial charge is 0.187 e. The summed E-state index contributed by atoms with van der Waals surface area (Å²) < 4.78 is 16.4. The normalized spacial score (nSPS) is 46.4. The molecule has 2 aliphatic rings. The molecule has 0 amide bonds. The molecule has 0 bridgehead atoms. The molecular formula is C14H26O8. The van der Waals surface area contributed by atoms with Gasteiger partial charge >= 0.3 is 0 Å². The van der Waals surface area contributed by atoms with Gasteiger partial charge in [0.2, 0.25) is 0 Å². The van der Waals surface area contributed by atoms with Crippen molar-refractivity contribution < 1.29 is 39.7 Å². The van der Waals surface area contributed by atoms with Crippen molar-refractivity contribution in [1.82, 2.24) is 0 Å². The molecule has 0 aliphatic carbocycles. The fourth-order valence-corrected chi connectivity index (χ4v) is 2.90. The van der Waals surface area contributed by atoms with E-state index in [1.165, 1.54) is 0 Å². The summed E-state index contributed by atoms with van der Waals surface area (Å²) in [6, 6.07) is 0. The summed E-state index contributed by atoms with van der Waals surface area (Å²) in [5.41, 5.74) is -0.368. The van der Waals surface area contributed by atoms with E-state index in [-0.39, 0.29) is 12.0 Å². The second-order valence-corrected chi connectivity index (χ2v) is 6.94. The molecule has 0 aromatic heterocycles. The van der Waals surface area contributed by atoms with E-state index in [2.05, 4.69) is 0 Å². The van der Waals surface area contributed by atoms with E-state index in [0.29, 0.717) is 0 Å². The average molecular weight is 322 g/mol. The van der Waals surface area contributed by atoms with Gasteiger partial charge in [0.1, 0.15) is 36.6 Å². The summed E-state index contributed by atoms with van der Waals surface area (Å²) in [5.74, 6) is 0. The van der Waals surface area contributed by atoms with Crippen LogP contribution in [0.15, 0.2) is 0 Å². The van der Waals surface area contributed by atoms with Gasteiger partial charge in [0.05, 0.1) is 19.3 Å². The molecule has 130 valence electrons. The van der Waals surface area contributed by atoms with E-state index >= 15 is 0 Å². The molecule has 2 rings (SSSR count). The summed E-state index contributed by atoms with van der Waals surface area (Å²) in [6.07, 6.45) is -8.02. The Morgan fingerprint density at radius 3 is 1.91 bits per heavy atom. The van der Waals surface area contributed by atoms with Gasteiger partial charge in [0, 0.05) is 0 Å². The number of hydrogen-bond acceptors (Lipinski definition) is 8. The largest absolute Gasteiger partial charge is 0.394 e. The highest BCUT2D eigenvalue weighted by Gasteiger charge is 2.52. The molecule has 22 heavy (non-hydrogen) atoms. The van der Waals surface area contributed by atoms with Crippen molar-refractivity contribution in [1.29, 1.82) is 0 Å². The SMILES string of the molecule is CC(C)(C)C1O[C@H](CO)[C@H](OC2O[C@H](CO)[C@H](O)[C@H]2O)[C@H]1O. The van der Waals surface area contributed by atoms with Crippen LogP contribution >= 0.6 is 0 Å². The van der Waals surface area contributed by atoms with E-state index in [1.54, 1.807) is 0 Å². The van der Waals surface area contributed by atoms with Crippen molar-refractivity contribution in [3.8, 4) is 0 Å². The molecule has 2 saturated heterocycles. The zero-order valence-corrected chi connectivity index (χ0v) is 13.0. The Hall–Kier alpha value is -0.320. The Kier molecular flexibility index (Phi) is 5.46. The summed E-state index contributed by atoms with van der Waals surface area (Å²) in [6.45, 7) is 4.86. The molecule has 2 aliphatic heterocycles. The highest BCUT2D eigenvalue weighted by atomic mass is 16.7. The first kappa shape index (κ1) is 18.0. The van der Waals surface area contributed by atoms with Gasteiger partial charge in [-0.15, -0.1) is 0 Å². The number of rotatable bonds is 4. The molecular weight excluding hydrogens is 296 g/mol. The minimum Gasteiger partial charge on any atom is -0.394 e. The van der Waals surface area contributed by atoms with Gasteiger partial charge < -0.3 is 39.7 Å². The molecule has 5 N–H and O–H groups in total. The highest BCUT2D eigenvalue weighted by Crippen LogP contribution is 2.36. The summed E-state index contributed by atoms with van der Waals surface area (Å²) in [5, 5.41) is 48.5. The predicted octanol–water partition coefficient (Wildman–Crippen LogP) is -2.02. The minimum absolute atomic E-state index is 0.358. The van der Waals surface area contributed by atoms with E-state index < -0.39 is 55.6 Å². The third-order valence-electron chi connectivity index (χ3n) is 4.16. The number of aliphatic hydroxyl groups is 5. The van der Waals surface area contributed by atoms with Crippen molar-refractivity contribution in [3.05, 3.63) is 0 Å². The van der Waals surface area contributed by atoms with Crippen LogP contribution in [-0.2, 0) is 14.2 Å². The van der Waals surface area contributed by atoms with E-state index in [4.69, 9.17) is 19.3 Å². The van der Waals surface area contributed by atoms with Gasteiger partial charge in [-0.2, -0.15) is 0 Å². The standard InChI is InChI=1S/C14H26O8/c1-14(2,3)12-10(19)11(7(5-16)20-12)22-13-9(18)8(17)6(4-15)21-13/h6-13,15-19H,4-5H2,1-3H3/t6-,7-,8+,9-,10-,11+,12?,13?/m1/s1. The summed E-state index contributed by atoms with van der Waals surface area (Å²) in [7, 11) is 0. The maximum Gasteiger partial charge on any atom is 0.187 e. The van der Waals surface area contributed by atoms with Crippen molar-refractivity contribution >= 4 is 0 Å². The van der Waals surface area contributed by atoms with Crippen LogP contribution < -0.4 is 0 Å². The topological polar surface area (TPSA) is 129 Å². The molecule has 0 aromatic rings. The van der Waals surface area contributed by atoms with Crippen LogP contribution in [0.5, 0.6) is 0 Å². The Bertz CT molecular complexity index is 370. The molecule has 0 aromatic carbocycles. The fourth-order valence-electron chi connectivity index (χ4n) is 2.90. The molecule has 2 fully saturated rings. The first-order valence-corrected chi connectivity index (χ1v) is 7.43. The Morgan fingerprint density at radius 1 is 0.864 bits per heavy atom. The van der Waals surface area contributed by atoms with E-state index in [9.17, 15) is 20.4 Å². The number of ether oxygens (including phenoxy) is 3. The summed E-state index contributed by atoms with van der Waals surface area (Å²) >= 11 is 0. The Morgan fingerprint density at radius 2 is 1.45 bits per heavy atom. The maximum atomic E-state index is 10.4. The van der Waals surface area contributed by atoms with Crippen molar-refractivity contribution in [2.75, 3.05) is 13.2 Å². The zero-order valence-electron chi connectivity index (χ0n) is 13.0. The third kappa shape index (κ3) is 3.29. The first-order chi connectivity index (χ1) is 10.2. The summed E-state index contributed by atoms with van der Waals surface area (Å²) in [4.78, 5) is 0. The third-order valence-corrected chi connectivity index (χ3v) is 4.16. The maximum absolute atomic E-state index is 10.4. The highest BCUT2D eigenvalue weighted by molar-refractivity contribution is 4.98. The second kappa shape index (κ2) is 6.66. The first-order valence-electron chi connectivity index (χ1n) is 7.43. The van der Waals surface area contributed by atoms with Crippen LogP contribution in [-0.4, -0.2) is 87.8 Å². The average Bonchev–Trinajstić information content (AvgIpc) is 2.91. The zero-order chi connectivity index (χ0) is 16.7. The molecule has 0 radical (unpaired) electrons. The van der Waals surface area contributed by atoms with Gasteiger partial charge in [-0.25, -0.2) is 0 Å². The van der Waals surface area contributed by atoms with Crippen LogP contribution in [0.25, 0.3) is 0 Å². The van der Waals surface area contributed by atoms with Gasteiger partial charge in [0.25, 0.3) is 0 Å². The molecule has 8 nitrogen and oxygen atoms in total. The lowest BCUT2D eigenvalue weighted by atomic mass is 9.85. The Balaban J connectivity index is 2.08. The fraction of sp³-hybridized carbons (Fsp3) is 1.00. The Labute approximate surface area is 129 Å². The van der Waals surface area contributed by atoms with Crippen LogP contribution in [0.1, 0.15) is 20.8 Å². The van der Waals surface area contributed by atoms with Crippen molar-refractivity contribution in [2.45, 2.75) is 69.8 Å². The van der Waals surface area contributed by atoms with Crippen LogP contribution in [0.4, 0.5) is 0 Å². The molecule has 0 saturated carbocycles. The molecule has 8 heteroatoms. The molecule has 2 unspecified atom stereocenters. The lowest BCUT2D eigenvalue weighted by Crippen LogP contribution is -2.44. The van der Waals surface area contributed by atoms with Crippen molar-refractivity contribution in [2.24, 2.45) is 5.41 Å². The lowest BCUT2D eigenvalue weighted by molar-refractivity contribution is -0.215. The minimum atomic E-state index is -1.35. The quantitative estimate of drug-likeness (QED) is 0.401. The lowest BCUT2D eigenvalue weighted by Gasteiger charge is -2.29. The number of aliphatic hydroxyl groups excluding tert-OH is 5. The van der Waals surface area contributed by atoms with Gasteiger partial charge in [0.15, 0.2) is 6.29 Å². The van der Waals surface area contributed by atoms with Crippen LogP contribution in [0.2, 0.25) is 0 Å². The second-order valence-electron chi connectivity index (χ2n) is 6.94. The van der Waals surface area contributed by atoms with Crippen LogP contribution in [0.3, 0.4) is 0 Å². The molecule has 0 spiro atoms.